The minimum atomic E-state index is 0. The third-order valence-corrected chi connectivity index (χ3v) is 3.39. The summed E-state index contributed by atoms with van der Waals surface area (Å²) in [6.07, 6.45) is 2.91. The highest BCUT2D eigenvalue weighted by atomic mass is 35.5. The fourth-order valence-electron chi connectivity index (χ4n) is 2.76. The van der Waals surface area contributed by atoms with Crippen LogP contribution in [0.25, 0.3) is 0 Å². The zero-order valence-corrected chi connectivity index (χ0v) is 10.7. The molecule has 0 aliphatic carbocycles. The van der Waals surface area contributed by atoms with Crippen LogP contribution in [-0.4, -0.2) is 50.1 Å². The highest BCUT2D eigenvalue weighted by Gasteiger charge is 2.33. The van der Waals surface area contributed by atoms with Crippen molar-refractivity contribution in [2.75, 3.05) is 40.3 Å². The fourth-order valence-corrected chi connectivity index (χ4v) is 2.76. The molecule has 0 spiro atoms. The molecule has 1 unspecified atom stereocenters. The van der Waals surface area contributed by atoms with Crippen LogP contribution in [0.3, 0.4) is 0 Å². The SMILES string of the molecule is CN(C)CC1CN2CCC1CC2.Cl.Cl. The van der Waals surface area contributed by atoms with E-state index in [0.29, 0.717) is 0 Å². The Kier molecular flexibility index (Phi) is 6.38. The molecule has 0 saturated carbocycles. The van der Waals surface area contributed by atoms with Gasteiger partial charge in [-0.05, 0) is 51.9 Å². The molecule has 0 radical (unpaired) electrons. The molecule has 3 aliphatic rings. The van der Waals surface area contributed by atoms with E-state index < -0.39 is 0 Å². The number of fused-ring (bicyclic) bond motifs is 3. The van der Waals surface area contributed by atoms with Crippen LogP contribution in [0, 0.1) is 11.8 Å². The van der Waals surface area contributed by atoms with Crippen molar-refractivity contribution in [1.82, 2.24) is 9.80 Å². The van der Waals surface area contributed by atoms with Crippen molar-refractivity contribution in [2.24, 2.45) is 11.8 Å². The van der Waals surface area contributed by atoms with Crippen molar-refractivity contribution in [1.29, 1.82) is 0 Å². The van der Waals surface area contributed by atoms with E-state index in [2.05, 4.69) is 23.9 Å². The maximum absolute atomic E-state index is 2.63. The molecule has 0 amide bonds. The normalized spacial score (nSPS) is 34.9. The van der Waals surface area contributed by atoms with Gasteiger partial charge in [0.2, 0.25) is 0 Å². The smallest absolute Gasteiger partial charge is 0.00246 e. The van der Waals surface area contributed by atoms with Crippen LogP contribution in [0.4, 0.5) is 0 Å². The Morgan fingerprint density at radius 3 is 2.07 bits per heavy atom. The van der Waals surface area contributed by atoms with Gasteiger partial charge in [-0.15, -0.1) is 24.8 Å². The van der Waals surface area contributed by atoms with E-state index >= 15 is 0 Å². The van der Waals surface area contributed by atoms with Gasteiger partial charge in [-0.2, -0.15) is 0 Å². The molecule has 4 heteroatoms. The number of rotatable bonds is 2. The summed E-state index contributed by atoms with van der Waals surface area (Å²) in [6.45, 7) is 5.40. The van der Waals surface area contributed by atoms with Gasteiger partial charge in [-0.1, -0.05) is 0 Å². The number of hydrogen-bond donors (Lipinski definition) is 0. The van der Waals surface area contributed by atoms with Gasteiger partial charge in [0.05, 0.1) is 0 Å². The maximum Gasteiger partial charge on any atom is 0.00246 e. The highest BCUT2D eigenvalue weighted by molar-refractivity contribution is 5.85. The second-order valence-electron chi connectivity index (χ2n) is 4.66. The molecule has 0 aromatic rings. The third kappa shape index (κ3) is 3.27. The number of halogens is 2. The molecule has 3 aliphatic heterocycles. The monoisotopic (exact) mass is 240 g/mol. The summed E-state index contributed by atoms with van der Waals surface area (Å²) in [5, 5.41) is 0. The average molecular weight is 241 g/mol. The lowest BCUT2D eigenvalue weighted by molar-refractivity contribution is 0.0380. The lowest BCUT2D eigenvalue weighted by Gasteiger charge is -2.45. The summed E-state index contributed by atoms with van der Waals surface area (Å²) in [5.74, 6) is 2.00. The Morgan fingerprint density at radius 1 is 1.14 bits per heavy atom. The van der Waals surface area contributed by atoms with Crippen molar-refractivity contribution in [3.8, 4) is 0 Å². The third-order valence-electron chi connectivity index (χ3n) is 3.39. The molecule has 3 saturated heterocycles. The van der Waals surface area contributed by atoms with Gasteiger partial charge >= 0.3 is 0 Å². The van der Waals surface area contributed by atoms with Crippen molar-refractivity contribution < 1.29 is 0 Å². The molecule has 3 heterocycles. The molecule has 2 bridgehead atoms. The number of piperidine rings is 3. The predicted molar refractivity (Wildman–Crippen MR) is 65.7 cm³/mol. The molecule has 14 heavy (non-hydrogen) atoms. The van der Waals surface area contributed by atoms with Gasteiger partial charge < -0.3 is 9.80 Å². The Balaban J connectivity index is 0.000000845. The van der Waals surface area contributed by atoms with Crippen molar-refractivity contribution in [3.05, 3.63) is 0 Å². The molecular weight excluding hydrogens is 219 g/mol. The minimum Gasteiger partial charge on any atom is -0.309 e. The van der Waals surface area contributed by atoms with Crippen LogP contribution < -0.4 is 0 Å². The first-order valence-corrected chi connectivity index (χ1v) is 5.13. The van der Waals surface area contributed by atoms with Crippen LogP contribution in [0.2, 0.25) is 0 Å². The number of hydrogen-bond acceptors (Lipinski definition) is 2. The lowest BCUT2D eigenvalue weighted by Crippen LogP contribution is -2.50. The second kappa shape index (κ2) is 6.16. The van der Waals surface area contributed by atoms with E-state index in [4.69, 9.17) is 0 Å². The summed E-state index contributed by atoms with van der Waals surface area (Å²) in [6, 6.07) is 0. The quantitative estimate of drug-likeness (QED) is 0.726. The zero-order valence-electron chi connectivity index (χ0n) is 9.11. The van der Waals surface area contributed by atoms with E-state index in [-0.39, 0.29) is 24.8 Å². The molecule has 0 N–H and O–H groups in total. The topological polar surface area (TPSA) is 6.48 Å². The Hall–Kier alpha value is 0.500. The van der Waals surface area contributed by atoms with Crippen LogP contribution in [0.15, 0.2) is 0 Å². The molecule has 0 aromatic heterocycles. The van der Waals surface area contributed by atoms with Gasteiger partial charge in [0.1, 0.15) is 0 Å². The van der Waals surface area contributed by atoms with E-state index in [0.717, 1.165) is 11.8 Å². The molecule has 2 nitrogen and oxygen atoms in total. The Bertz CT molecular complexity index is 154. The first-order chi connectivity index (χ1) is 5.75. The summed E-state index contributed by atoms with van der Waals surface area (Å²) < 4.78 is 0. The summed E-state index contributed by atoms with van der Waals surface area (Å²) in [7, 11) is 4.38. The average Bonchev–Trinajstić information content (AvgIpc) is 2.05. The van der Waals surface area contributed by atoms with Crippen LogP contribution >= 0.6 is 24.8 Å². The van der Waals surface area contributed by atoms with Gasteiger partial charge in [-0.3, -0.25) is 0 Å². The Labute approximate surface area is 99.8 Å². The van der Waals surface area contributed by atoms with E-state index in [1.807, 2.05) is 0 Å². The number of nitrogens with zero attached hydrogens (tertiary/aromatic N) is 2. The van der Waals surface area contributed by atoms with Crippen molar-refractivity contribution in [3.63, 3.8) is 0 Å². The van der Waals surface area contributed by atoms with Gasteiger partial charge in [-0.25, -0.2) is 0 Å². The van der Waals surface area contributed by atoms with Crippen LogP contribution in [-0.2, 0) is 0 Å². The molecule has 1 atom stereocenters. The van der Waals surface area contributed by atoms with E-state index in [1.165, 1.54) is 39.0 Å². The van der Waals surface area contributed by atoms with Gasteiger partial charge in [0.15, 0.2) is 0 Å². The second-order valence-corrected chi connectivity index (χ2v) is 4.66. The first kappa shape index (κ1) is 14.5. The first-order valence-electron chi connectivity index (χ1n) is 5.13. The molecular formula is C10H22Cl2N2. The molecule has 0 aromatic carbocycles. The van der Waals surface area contributed by atoms with Crippen LogP contribution in [0.5, 0.6) is 0 Å². The lowest BCUT2D eigenvalue weighted by atomic mass is 9.79. The van der Waals surface area contributed by atoms with Crippen LogP contribution in [0.1, 0.15) is 12.8 Å². The van der Waals surface area contributed by atoms with Gasteiger partial charge in [0, 0.05) is 13.1 Å². The summed E-state index contributed by atoms with van der Waals surface area (Å²) in [5.41, 5.74) is 0. The largest absolute Gasteiger partial charge is 0.309 e. The maximum atomic E-state index is 2.63. The minimum absolute atomic E-state index is 0. The van der Waals surface area contributed by atoms with Crippen molar-refractivity contribution >= 4 is 24.8 Å². The van der Waals surface area contributed by atoms with E-state index in [1.54, 1.807) is 0 Å². The summed E-state index contributed by atoms with van der Waals surface area (Å²) in [4.78, 5) is 4.97. The fraction of sp³-hybridized carbons (Fsp3) is 1.00. The molecule has 3 fully saturated rings. The predicted octanol–water partition coefficient (Wildman–Crippen LogP) is 1.73. The summed E-state index contributed by atoms with van der Waals surface area (Å²) >= 11 is 0. The Morgan fingerprint density at radius 2 is 1.71 bits per heavy atom. The van der Waals surface area contributed by atoms with Crippen molar-refractivity contribution in [2.45, 2.75) is 12.8 Å². The highest BCUT2D eigenvalue weighted by Crippen LogP contribution is 2.32. The molecule has 86 valence electrons. The van der Waals surface area contributed by atoms with Gasteiger partial charge in [0.25, 0.3) is 0 Å². The molecule has 3 rings (SSSR count). The van der Waals surface area contributed by atoms with E-state index in [9.17, 15) is 0 Å². The standard InChI is InChI=1S/C10H20N2.2ClH/c1-11(2)7-10-8-12-5-3-9(10)4-6-12;;/h9-10H,3-8H2,1-2H3;2*1H. The zero-order chi connectivity index (χ0) is 8.55.